The molecule has 0 saturated heterocycles. The van der Waals surface area contributed by atoms with Crippen LogP contribution >= 0.6 is 11.8 Å². The van der Waals surface area contributed by atoms with Crippen LogP contribution in [0.1, 0.15) is 13.3 Å². The van der Waals surface area contributed by atoms with E-state index in [0.717, 1.165) is 6.42 Å². The maximum Gasteiger partial charge on any atom is 0.235 e. The zero-order valence-corrected chi connectivity index (χ0v) is 11.8. The normalized spacial score (nSPS) is 12.2. The maximum atomic E-state index is 12.1. The Morgan fingerprint density at radius 3 is 2.78 bits per heavy atom. The number of rotatable bonds is 7. The van der Waals surface area contributed by atoms with Crippen molar-refractivity contribution >= 4 is 17.7 Å². The third kappa shape index (κ3) is 5.01. The van der Waals surface area contributed by atoms with Gasteiger partial charge in [-0.25, -0.2) is 9.97 Å². The summed E-state index contributed by atoms with van der Waals surface area (Å²) in [7, 11) is 3.47. The highest BCUT2D eigenvalue weighted by Crippen LogP contribution is 2.19. The third-order valence-corrected chi connectivity index (χ3v) is 3.37. The predicted octanol–water partition coefficient (Wildman–Crippen LogP) is 1.45. The Balaban J connectivity index is 2.41. The molecule has 0 radical (unpaired) electrons. The Hall–Kier alpha value is -1.14. The number of carbonyl (C=O) groups excluding carboxylic acids is 1. The molecule has 1 atom stereocenters. The van der Waals surface area contributed by atoms with Gasteiger partial charge in [-0.2, -0.15) is 0 Å². The number of thioether (sulfide) groups is 1. The van der Waals surface area contributed by atoms with Gasteiger partial charge < -0.3 is 9.64 Å². The third-order valence-electron chi connectivity index (χ3n) is 2.39. The van der Waals surface area contributed by atoms with Crippen molar-refractivity contribution in [3.63, 3.8) is 0 Å². The number of hydrogen-bond acceptors (Lipinski definition) is 5. The van der Waals surface area contributed by atoms with Gasteiger partial charge in [-0.15, -0.1) is 0 Å². The number of nitrogens with zero attached hydrogens (tertiary/aromatic N) is 3. The van der Waals surface area contributed by atoms with Crippen molar-refractivity contribution in [1.29, 1.82) is 0 Å². The van der Waals surface area contributed by atoms with E-state index in [1.54, 1.807) is 37.5 Å². The molecule has 1 heterocycles. The van der Waals surface area contributed by atoms with Crippen LogP contribution in [-0.2, 0) is 9.53 Å². The highest BCUT2D eigenvalue weighted by atomic mass is 32.2. The number of amides is 1. The van der Waals surface area contributed by atoms with E-state index >= 15 is 0 Å². The van der Waals surface area contributed by atoms with Crippen LogP contribution in [0.2, 0.25) is 0 Å². The van der Waals surface area contributed by atoms with E-state index in [1.165, 1.54) is 11.8 Å². The fourth-order valence-electron chi connectivity index (χ4n) is 1.42. The molecular formula is C12H19N3O2S. The van der Waals surface area contributed by atoms with Crippen LogP contribution in [0.5, 0.6) is 0 Å². The van der Waals surface area contributed by atoms with Crippen molar-refractivity contribution < 1.29 is 9.53 Å². The van der Waals surface area contributed by atoms with E-state index in [-0.39, 0.29) is 11.2 Å². The van der Waals surface area contributed by atoms with Gasteiger partial charge >= 0.3 is 0 Å². The molecule has 1 amide bonds. The highest BCUT2D eigenvalue weighted by molar-refractivity contribution is 8.00. The first kappa shape index (κ1) is 14.9. The molecule has 1 aromatic rings. The fourth-order valence-corrected chi connectivity index (χ4v) is 2.26. The minimum Gasteiger partial charge on any atom is -0.385 e. The van der Waals surface area contributed by atoms with E-state index < -0.39 is 0 Å². The van der Waals surface area contributed by atoms with Crippen LogP contribution in [0, 0.1) is 0 Å². The second-order valence-electron chi connectivity index (χ2n) is 3.90. The zero-order chi connectivity index (χ0) is 13.4. The summed E-state index contributed by atoms with van der Waals surface area (Å²) < 4.78 is 4.96. The smallest absolute Gasteiger partial charge is 0.235 e. The second kappa shape index (κ2) is 8.05. The van der Waals surface area contributed by atoms with Gasteiger partial charge in [0.15, 0.2) is 5.16 Å². The summed E-state index contributed by atoms with van der Waals surface area (Å²) in [5.41, 5.74) is 0. The molecule has 5 nitrogen and oxygen atoms in total. The van der Waals surface area contributed by atoms with Crippen molar-refractivity contribution in [2.24, 2.45) is 0 Å². The molecular weight excluding hydrogens is 250 g/mol. The van der Waals surface area contributed by atoms with Crippen LogP contribution in [0.15, 0.2) is 23.6 Å². The van der Waals surface area contributed by atoms with Gasteiger partial charge in [0.1, 0.15) is 0 Å². The Kier molecular flexibility index (Phi) is 6.67. The van der Waals surface area contributed by atoms with Crippen LogP contribution < -0.4 is 0 Å². The first-order valence-electron chi connectivity index (χ1n) is 5.82. The first-order chi connectivity index (χ1) is 8.65. The first-order valence-corrected chi connectivity index (χ1v) is 6.70. The van der Waals surface area contributed by atoms with E-state index in [4.69, 9.17) is 4.74 Å². The molecule has 0 aromatic carbocycles. The SMILES string of the molecule is COCCCN(C)C(=O)C(C)Sc1ncccn1. The summed E-state index contributed by atoms with van der Waals surface area (Å²) in [4.78, 5) is 22.0. The van der Waals surface area contributed by atoms with Crippen molar-refractivity contribution in [2.75, 3.05) is 27.3 Å². The van der Waals surface area contributed by atoms with Crippen molar-refractivity contribution in [3.05, 3.63) is 18.5 Å². The lowest BCUT2D eigenvalue weighted by Gasteiger charge is -2.20. The highest BCUT2D eigenvalue weighted by Gasteiger charge is 2.19. The molecule has 100 valence electrons. The summed E-state index contributed by atoms with van der Waals surface area (Å²) in [5.74, 6) is 0.0866. The number of aromatic nitrogens is 2. The van der Waals surface area contributed by atoms with Crippen molar-refractivity contribution in [3.8, 4) is 0 Å². The lowest BCUT2D eigenvalue weighted by Crippen LogP contribution is -2.34. The summed E-state index contributed by atoms with van der Waals surface area (Å²) in [6, 6.07) is 1.76. The maximum absolute atomic E-state index is 12.1. The summed E-state index contributed by atoms with van der Waals surface area (Å²) in [6.07, 6.45) is 4.20. The van der Waals surface area contributed by atoms with Gasteiger partial charge in [0.25, 0.3) is 0 Å². The molecule has 0 aliphatic heterocycles. The molecule has 1 aromatic heterocycles. The van der Waals surface area contributed by atoms with E-state index in [0.29, 0.717) is 18.3 Å². The summed E-state index contributed by atoms with van der Waals surface area (Å²) in [5, 5.41) is 0.448. The molecule has 0 bridgehead atoms. The molecule has 1 unspecified atom stereocenters. The Labute approximate surface area is 112 Å². The van der Waals surface area contributed by atoms with Gasteiger partial charge in [-0.3, -0.25) is 4.79 Å². The Bertz CT molecular complexity index is 362. The van der Waals surface area contributed by atoms with Crippen molar-refractivity contribution in [1.82, 2.24) is 14.9 Å². The van der Waals surface area contributed by atoms with Crippen LogP contribution in [0.4, 0.5) is 0 Å². The molecule has 0 N–H and O–H groups in total. The van der Waals surface area contributed by atoms with Crippen LogP contribution in [0.3, 0.4) is 0 Å². The van der Waals surface area contributed by atoms with E-state index in [9.17, 15) is 4.79 Å². The predicted molar refractivity (Wildman–Crippen MR) is 71.5 cm³/mol. The second-order valence-corrected chi connectivity index (χ2v) is 5.21. The monoisotopic (exact) mass is 269 g/mol. The average molecular weight is 269 g/mol. The topological polar surface area (TPSA) is 55.3 Å². The molecule has 1 rings (SSSR count). The van der Waals surface area contributed by atoms with Gasteiger partial charge in [-0.1, -0.05) is 11.8 Å². The van der Waals surface area contributed by atoms with Gasteiger partial charge in [0.2, 0.25) is 5.91 Å². The lowest BCUT2D eigenvalue weighted by atomic mass is 10.3. The molecule has 0 aliphatic rings. The molecule has 0 saturated carbocycles. The molecule has 0 fully saturated rings. The van der Waals surface area contributed by atoms with Gasteiger partial charge in [0.05, 0.1) is 5.25 Å². The quantitative estimate of drug-likeness (QED) is 0.426. The summed E-state index contributed by atoms with van der Waals surface area (Å²) >= 11 is 1.37. The number of hydrogen-bond donors (Lipinski definition) is 0. The lowest BCUT2D eigenvalue weighted by molar-refractivity contribution is -0.129. The van der Waals surface area contributed by atoms with Gasteiger partial charge in [0, 0.05) is 39.7 Å². The number of ether oxygens (including phenoxy) is 1. The number of methoxy groups -OCH3 is 1. The standard InChI is InChI=1S/C12H19N3O2S/c1-10(18-12-13-6-4-7-14-12)11(16)15(2)8-5-9-17-3/h4,6-7,10H,5,8-9H2,1-3H3. The minimum absolute atomic E-state index is 0.0866. The molecule has 0 spiro atoms. The Morgan fingerprint density at radius 1 is 1.50 bits per heavy atom. The zero-order valence-electron chi connectivity index (χ0n) is 11.0. The minimum atomic E-state index is -0.181. The van der Waals surface area contributed by atoms with E-state index in [2.05, 4.69) is 9.97 Å². The van der Waals surface area contributed by atoms with Crippen molar-refractivity contribution in [2.45, 2.75) is 23.8 Å². The molecule has 6 heteroatoms. The largest absolute Gasteiger partial charge is 0.385 e. The van der Waals surface area contributed by atoms with Gasteiger partial charge in [-0.05, 0) is 19.4 Å². The van der Waals surface area contributed by atoms with Crippen LogP contribution in [-0.4, -0.2) is 53.3 Å². The summed E-state index contributed by atoms with van der Waals surface area (Å²) in [6.45, 7) is 3.24. The van der Waals surface area contributed by atoms with E-state index in [1.807, 2.05) is 6.92 Å². The van der Waals surface area contributed by atoms with Crippen LogP contribution in [0.25, 0.3) is 0 Å². The molecule has 18 heavy (non-hydrogen) atoms. The number of carbonyl (C=O) groups is 1. The fraction of sp³-hybridized carbons (Fsp3) is 0.583. The molecule has 0 aliphatic carbocycles. The average Bonchev–Trinajstić information content (AvgIpc) is 2.39. The Morgan fingerprint density at radius 2 is 2.17 bits per heavy atom.